The van der Waals surface area contributed by atoms with E-state index in [-0.39, 0.29) is 29.7 Å². The lowest BCUT2D eigenvalue weighted by molar-refractivity contribution is -0.120. The summed E-state index contributed by atoms with van der Waals surface area (Å²) in [4.78, 5) is 28.1. The minimum absolute atomic E-state index is 0. The number of ether oxygens (including phenoxy) is 1. The van der Waals surface area contributed by atoms with E-state index < -0.39 is 18.6 Å². The van der Waals surface area contributed by atoms with E-state index in [1.165, 1.54) is 24.4 Å². The summed E-state index contributed by atoms with van der Waals surface area (Å²) < 4.78 is 29.0. The number of halogens is 3. The zero-order valence-electron chi connectivity index (χ0n) is 13.1. The van der Waals surface area contributed by atoms with Crippen molar-refractivity contribution in [2.45, 2.75) is 32.0 Å². The van der Waals surface area contributed by atoms with Crippen LogP contribution < -0.4 is 15.4 Å². The predicted octanol–water partition coefficient (Wildman–Crippen LogP) is 2.74. The fourth-order valence-electron chi connectivity index (χ4n) is 2.67. The lowest BCUT2D eigenvalue weighted by atomic mass is 10.1. The molecule has 1 unspecified atom stereocenters. The molecular formula is C16H16ClF2N3O3. The number of amides is 2. The number of nitrogens with zero attached hydrogens (tertiary/aromatic N) is 1. The van der Waals surface area contributed by atoms with Crippen molar-refractivity contribution in [3.63, 3.8) is 0 Å². The molecule has 0 saturated carbocycles. The fourth-order valence-corrected chi connectivity index (χ4v) is 2.89. The maximum absolute atomic E-state index is 12.3. The summed E-state index contributed by atoms with van der Waals surface area (Å²) >= 11 is 5.91. The minimum atomic E-state index is -3.00. The van der Waals surface area contributed by atoms with Gasteiger partial charge in [0.15, 0.2) is 0 Å². The molecule has 2 aromatic rings. The van der Waals surface area contributed by atoms with Crippen molar-refractivity contribution in [2.24, 2.45) is 0 Å². The highest BCUT2D eigenvalue weighted by atomic mass is 35.5. The first kappa shape index (κ1) is 17.3. The Bertz CT molecular complexity index is 853. The third-order valence-electron chi connectivity index (χ3n) is 3.81. The maximum atomic E-state index is 12.3. The highest BCUT2D eigenvalue weighted by Gasteiger charge is 2.30. The highest BCUT2D eigenvalue weighted by molar-refractivity contribution is 6.32. The second-order valence-corrected chi connectivity index (χ2v) is 6.16. The van der Waals surface area contributed by atoms with Crippen molar-refractivity contribution in [3.8, 4) is 5.75 Å². The highest BCUT2D eigenvalue weighted by Crippen LogP contribution is 2.30. The lowest BCUT2D eigenvalue weighted by Gasteiger charge is -2.11. The Morgan fingerprint density at radius 3 is 2.88 bits per heavy atom. The second-order valence-electron chi connectivity index (χ2n) is 5.75. The second kappa shape index (κ2) is 6.79. The summed E-state index contributed by atoms with van der Waals surface area (Å²) in [5.41, 5.74) is 0.585. The average Bonchev–Trinajstić information content (AvgIpc) is 2.84. The first-order valence-corrected chi connectivity index (χ1v) is 7.86. The van der Waals surface area contributed by atoms with Gasteiger partial charge in [0.25, 0.3) is 5.91 Å². The Morgan fingerprint density at radius 1 is 1.48 bits per heavy atom. The Kier molecular flexibility index (Phi) is 4.71. The number of benzene rings is 1. The third kappa shape index (κ3) is 3.79. The first-order chi connectivity index (χ1) is 11.8. The Hall–Kier alpha value is -2.48. The fraction of sp³-hybridized carbons (Fsp3) is 0.312. The molecule has 0 spiro atoms. The van der Waals surface area contributed by atoms with Crippen LogP contribution in [0.15, 0.2) is 24.4 Å². The van der Waals surface area contributed by atoms with Crippen molar-refractivity contribution in [1.29, 1.82) is 0 Å². The largest absolute Gasteiger partial charge is 0.433 e. The maximum Gasteiger partial charge on any atom is 0.387 e. The van der Waals surface area contributed by atoms with Crippen molar-refractivity contribution in [2.75, 3.05) is 0 Å². The van der Waals surface area contributed by atoms with E-state index in [0.29, 0.717) is 17.3 Å². The van der Waals surface area contributed by atoms with Gasteiger partial charge in [-0.25, -0.2) is 0 Å². The van der Waals surface area contributed by atoms with Crippen molar-refractivity contribution >= 4 is 34.3 Å². The van der Waals surface area contributed by atoms with Crippen LogP contribution in [0.25, 0.3) is 10.9 Å². The molecule has 2 heterocycles. The molecule has 0 radical (unpaired) electrons. The van der Waals surface area contributed by atoms with Gasteiger partial charge < -0.3 is 15.4 Å². The molecule has 1 aromatic heterocycles. The van der Waals surface area contributed by atoms with Gasteiger partial charge in [0.05, 0.1) is 16.1 Å². The Labute approximate surface area is 148 Å². The van der Waals surface area contributed by atoms with Crippen LogP contribution in [0.3, 0.4) is 0 Å². The van der Waals surface area contributed by atoms with Crippen LogP contribution in [-0.4, -0.2) is 35.5 Å². The topological polar surface area (TPSA) is 80.3 Å². The molecule has 3 rings (SSSR count). The summed E-state index contributed by atoms with van der Waals surface area (Å²) in [5.74, 6) is -0.871. The normalized spacial score (nSPS) is 20.0. The summed E-state index contributed by atoms with van der Waals surface area (Å²) in [6.07, 6.45) is 1.81. The number of pyridine rings is 1. The molecule has 0 bridgehead atoms. The number of hydrogen-bond acceptors (Lipinski definition) is 4. The number of carbonyl (C=O) groups is 2. The molecule has 25 heavy (non-hydrogen) atoms. The van der Waals surface area contributed by atoms with Crippen LogP contribution in [0.2, 0.25) is 5.02 Å². The first-order valence-electron chi connectivity index (χ1n) is 7.49. The molecule has 2 atom stereocenters. The number of aromatic nitrogens is 1. The monoisotopic (exact) mass is 371 g/mol. The number of alkyl halides is 2. The van der Waals surface area contributed by atoms with E-state index in [2.05, 4.69) is 20.4 Å². The molecular weight excluding hydrogens is 356 g/mol. The van der Waals surface area contributed by atoms with Gasteiger partial charge in [-0.2, -0.15) is 8.78 Å². The van der Waals surface area contributed by atoms with E-state index in [1.54, 1.807) is 0 Å². The number of fused-ring (bicyclic) bond motifs is 1. The number of carbonyl (C=O) groups excluding carboxylic acids is 2. The van der Waals surface area contributed by atoms with Gasteiger partial charge in [-0.05, 0) is 25.5 Å². The molecule has 0 aliphatic carbocycles. The zero-order chi connectivity index (χ0) is 18.1. The molecule has 1 aromatic carbocycles. The standard InChI is InChI=1S/C16H14ClF2N3O3.H2/c1-7-2-12(15(24)21-7)22-14(23)9-3-8-4-10(17)13(25-16(18)19)5-11(8)20-6-9;/h3-7,12,16H,2H2,1H3,(H,21,24)(H,22,23);1H/t7?,12-;/m0./s1. The molecule has 1 aliphatic heterocycles. The van der Waals surface area contributed by atoms with E-state index in [0.717, 1.165) is 0 Å². The van der Waals surface area contributed by atoms with Gasteiger partial charge in [0.2, 0.25) is 5.91 Å². The third-order valence-corrected chi connectivity index (χ3v) is 4.11. The van der Waals surface area contributed by atoms with Crippen LogP contribution >= 0.6 is 11.6 Å². The minimum Gasteiger partial charge on any atom is -0.433 e. The number of rotatable bonds is 4. The molecule has 1 saturated heterocycles. The summed E-state index contributed by atoms with van der Waals surface area (Å²) in [6, 6.07) is 3.59. The number of hydrogen-bond donors (Lipinski definition) is 2. The van der Waals surface area contributed by atoms with Crippen molar-refractivity contribution < 1.29 is 24.5 Å². The predicted molar refractivity (Wildman–Crippen MR) is 89.0 cm³/mol. The summed E-state index contributed by atoms with van der Waals surface area (Å²) in [6.45, 7) is -1.15. The molecule has 6 nitrogen and oxygen atoms in total. The molecule has 134 valence electrons. The average molecular weight is 372 g/mol. The Balaban J connectivity index is 0.00000243. The van der Waals surface area contributed by atoms with E-state index in [1.807, 2.05) is 6.92 Å². The van der Waals surface area contributed by atoms with E-state index >= 15 is 0 Å². The van der Waals surface area contributed by atoms with Gasteiger partial charge in [0.1, 0.15) is 11.8 Å². The Morgan fingerprint density at radius 2 is 2.24 bits per heavy atom. The van der Waals surface area contributed by atoms with Gasteiger partial charge in [-0.1, -0.05) is 11.6 Å². The van der Waals surface area contributed by atoms with Crippen LogP contribution in [0.1, 0.15) is 25.1 Å². The summed E-state index contributed by atoms with van der Waals surface area (Å²) in [5, 5.41) is 5.84. The SMILES string of the molecule is CC1C[C@H](NC(=O)c2cnc3cc(OC(F)F)c(Cl)cc3c2)C(=O)N1.[HH]. The smallest absolute Gasteiger partial charge is 0.387 e. The van der Waals surface area contributed by atoms with E-state index in [4.69, 9.17) is 11.6 Å². The van der Waals surface area contributed by atoms with Crippen LogP contribution in [0.4, 0.5) is 8.78 Å². The van der Waals surface area contributed by atoms with Crippen LogP contribution in [0.5, 0.6) is 5.75 Å². The van der Waals surface area contributed by atoms with Gasteiger partial charge in [-0.15, -0.1) is 0 Å². The quantitative estimate of drug-likeness (QED) is 0.866. The van der Waals surface area contributed by atoms with Gasteiger partial charge in [-0.3, -0.25) is 14.6 Å². The van der Waals surface area contributed by atoms with Gasteiger partial charge >= 0.3 is 6.61 Å². The molecule has 1 fully saturated rings. The molecule has 9 heteroatoms. The van der Waals surface area contributed by atoms with Crippen molar-refractivity contribution in [1.82, 2.24) is 15.6 Å². The summed E-state index contributed by atoms with van der Waals surface area (Å²) in [7, 11) is 0. The van der Waals surface area contributed by atoms with Crippen LogP contribution in [0, 0.1) is 0 Å². The van der Waals surface area contributed by atoms with Gasteiger partial charge in [0, 0.05) is 25.1 Å². The lowest BCUT2D eigenvalue weighted by Crippen LogP contribution is -2.40. The molecule has 1 aliphatic rings. The van der Waals surface area contributed by atoms with E-state index in [9.17, 15) is 18.4 Å². The van der Waals surface area contributed by atoms with Crippen molar-refractivity contribution in [3.05, 3.63) is 35.0 Å². The number of nitrogens with one attached hydrogen (secondary N) is 2. The zero-order valence-corrected chi connectivity index (χ0v) is 13.8. The molecule has 2 amide bonds. The van der Waals surface area contributed by atoms with Crippen LogP contribution in [-0.2, 0) is 4.79 Å². The molecule has 2 N–H and O–H groups in total.